The van der Waals surface area contributed by atoms with Gasteiger partial charge in [0.15, 0.2) is 0 Å². The molecule has 0 spiro atoms. The summed E-state index contributed by atoms with van der Waals surface area (Å²) in [5.74, 6) is 0.887. The molecule has 0 radical (unpaired) electrons. The first-order valence-electron chi connectivity index (χ1n) is 8.70. The lowest BCUT2D eigenvalue weighted by Crippen LogP contribution is -2.29. The standard InChI is InChI=1S/C18H23N5O3/c1-5-10-25-17(24)15-12(4)19-18-20-21-22-23(18)16(15)13-6-8-14(9-7-13)26-11(2)3/h6-9,11,16H,5,10H2,1-4H3,(H,19,20,22). The number of hydrogen-bond donors (Lipinski definition) is 1. The van der Waals surface area contributed by atoms with Gasteiger partial charge in [0.1, 0.15) is 11.8 Å². The van der Waals surface area contributed by atoms with Crippen LogP contribution >= 0.6 is 0 Å². The van der Waals surface area contributed by atoms with Crippen molar-refractivity contribution in [2.45, 2.75) is 46.3 Å². The number of hydrogen-bond acceptors (Lipinski definition) is 7. The number of aromatic nitrogens is 4. The van der Waals surface area contributed by atoms with Crippen LogP contribution in [-0.4, -0.2) is 38.9 Å². The fourth-order valence-corrected chi connectivity index (χ4v) is 2.86. The zero-order valence-corrected chi connectivity index (χ0v) is 15.4. The van der Waals surface area contributed by atoms with E-state index >= 15 is 0 Å². The van der Waals surface area contributed by atoms with Gasteiger partial charge in [0.05, 0.1) is 18.3 Å². The summed E-state index contributed by atoms with van der Waals surface area (Å²) in [6, 6.07) is 7.13. The number of allylic oxidation sites excluding steroid dienone is 1. The summed E-state index contributed by atoms with van der Waals surface area (Å²) in [5.41, 5.74) is 2.05. The number of anilines is 1. The van der Waals surface area contributed by atoms with Crippen LogP contribution in [0, 0.1) is 0 Å². The van der Waals surface area contributed by atoms with Crippen LogP contribution in [-0.2, 0) is 9.53 Å². The van der Waals surface area contributed by atoms with Gasteiger partial charge in [0.25, 0.3) is 0 Å². The quantitative estimate of drug-likeness (QED) is 0.795. The minimum absolute atomic E-state index is 0.0903. The molecule has 0 saturated heterocycles. The normalized spacial score (nSPS) is 16.3. The number of esters is 1. The zero-order valence-electron chi connectivity index (χ0n) is 15.4. The van der Waals surface area contributed by atoms with Gasteiger partial charge in [0.2, 0.25) is 5.95 Å². The predicted octanol–water partition coefficient (Wildman–Crippen LogP) is 2.70. The van der Waals surface area contributed by atoms with Gasteiger partial charge in [0, 0.05) is 5.70 Å². The van der Waals surface area contributed by atoms with Crippen LogP contribution in [0.1, 0.15) is 45.7 Å². The van der Waals surface area contributed by atoms with Crippen LogP contribution in [0.3, 0.4) is 0 Å². The first kappa shape index (κ1) is 17.9. The van der Waals surface area contributed by atoms with Crippen molar-refractivity contribution in [1.82, 2.24) is 20.2 Å². The summed E-state index contributed by atoms with van der Waals surface area (Å²) in [6.07, 6.45) is 0.848. The molecule has 0 saturated carbocycles. The van der Waals surface area contributed by atoms with Gasteiger partial charge in [-0.05, 0) is 55.3 Å². The minimum atomic E-state index is -0.460. The summed E-state index contributed by atoms with van der Waals surface area (Å²) in [4.78, 5) is 12.7. The fourth-order valence-electron chi connectivity index (χ4n) is 2.86. The Morgan fingerprint density at radius 3 is 2.69 bits per heavy atom. The third-order valence-corrected chi connectivity index (χ3v) is 3.94. The topological polar surface area (TPSA) is 91.2 Å². The van der Waals surface area contributed by atoms with Gasteiger partial charge in [-0.25, -0.2) is 4.79 Å². The average Bonchev–Trinajstić information content (AvgIpc) is 3.06. The number of carbonyl (C=O) groups excluding carboxylic acids is 1. The van der Waals surface area contributed by atoms with E-state index < -0.39 is 6.04 Å². The summed E-state index contributed by atoms with van der Waals surface area (Å²) in [7, 11) is 0. The van der Waals surface area contributed by atoms with Crippen molar-refractivity contribution < 1.29 is 14.3 Å². The molecule has 138 valence electrons. The Balaban J connectivity index is 1.99. The van der Waals surface area contributed by atoms with Crippen molar-refractivity contribution in [2.24, 2.45) is 0 Å². The maximum absolute atomic E-state index is 12.7. The van der Waals surface area contributed by atoms with E-state index in [2.05, 4.69) is 20.8 Å². The van der Waals surface area contributed by atoms with E-state index in [0.29, 0.717) is 23.8 Å². The highest BCUT2D eigenvalue weighted by atomic mass is 16.5. The second-order valence-electron chi connectivity index (χ2n) is 6.38. The minimum Gasteiger partial charge on any atom is -0.491 e. The summed E-state index contributed by atoms with van der Waals surface area (Å²) < 4.78 is 12.7. The third-order valence-electron chi connectivity index (χ3n) is 3.94. The van der Waals surface area contributed by atoms with Crippen molar-refractivity contribution in [3.8, 4) is 5.75 Å². The van der Waals surface area contributed by atoms with Crippen molar-refractivity contribution >= 4 is 11.9 Å². The first-order chi connectivity index (χ1) is 12.5. The Kier molecular flexibility index (Phi) is 5.20. The van der Waals surface area contributed by atoms with Crippen LogP contribution in [0.4, 0.5) is 5.95 Å². The molecule has 1 unspecified atom stereocenters. The largest absolute Gasteiger partial charge is 0.491 e. The highest BCUT2D eigenvalue weighted by molar-refractivity contribution is 5.92. The molecule has 2 aromatic rings. The molecule has 1 aliphatic rings. The third kappa shape index (κ3) is 3.54. The van der Waals surface area contributed by atoms with Gasteiger partial charge in [-0.2, -0.15) is 4.68 Å². The van der Waals surface area contributed by atoms with Crippen molar-refractivity contribution in [1.29, 1.82) is 0 Å². The van der Waals surface area contributed by atoms with Gasteiger partial charge in [-0.1, -0.05) is 24.2 Å². The molecule has 8 heteroatoms. The second-order valence-corrected chi connectivity index (χ2v) is 6.38. The van der Waals surface area contributed by atoms with E-state index in [9.17, 15) is 4.79 Å². The molecule has 1 N–H and O–H groups in total. The highest BCUT2D eigenvalue weighted by Crippen LogP contribution is 2.35. The molecule has 1 aliphatic heterocycles. The number of tetrazole rings is 1. The maximum Gasteiger partial charge on any atom is 0.338 e. The molecule has 2 heterocycles. The molecule has 0 aliphatic carbocycles. The molecule has 0 bridgehead atoms. The van der Waals surface area contributed by atoms with Gasteiger partial charge < -0.3 is 14.8 Å². The molecule has 1 aromatic carbocycles. The highest BCUT2D eigenvalue weighted by Gasteiger charge is 2.34. The summed E-state index contributed by atoms with van der Waals surface area (Å²) in [5, 5.41) is 14.8. The maximum atomic E-state index is 12.7. The summed E-state index contributed by atoms with van der Waals surface area (Å²) in [6.45, 7) is 8.10. The smallest absolute Gasteiger partial charge is 0.338 e. The molecule has 26 heavy (non-hydrogen) atoms. The number of benzene rings is 1. The SMILES string of the molecule is CCCOC(=O)C1=C(C)Nc2nnnn2C1c1ccc(OC(C)C)cc1. The van der Waals surface area contributed by atoms with Crippen LogP contribution in [0.25, 0.3) is 0 Å². The molecule has 1 aromatic heterocycles. The van der Waals surface area contributed by atoms with E-state index in [0.717, 1.165) is 17.7 Å². The number of carbonyl (C=O) groups is 1. The molecule has 8 nitrogen and oxygen atoms in total. The fraction of sp³-hybridized carbons (Fsp3) is 0.444. The van der Waals surface area contributed by atoms with Gasteiger partial charge in [-0.15, -0.1) is 0 Å². The van der Waals surface area contributed by atoms with Crippen LogP contribution in [0.2, 0.25) is 0 Å². The van der Waals surface area contributed by atoms with Crippen molar-refractivity contribution in [2.75, 3.05) is 11.9 Å². The number of nitrogens with one attached hydrogen (secondary N) is 1. The number of nitrogens with zero attached hydrogens (tertiary/aromatic N) is 4. The summed E-state index contributed by atoms with van der Waals surface area (Å²) >= 11 is 0. The Morgan fingerprint density at radius 1 is 1.31 bits per heavy atom. The predicted molar refractivity (Wildman–Crippen MR) is 95.7 cm³/mol. The lowest BCUT2D eigenvalue weighted by molar-refractivity contribution is -0.139. The Morgan fingerprint density at radius 2 is 2.04 bits per heavy atom. The zero-order chi connectivity index (χ0) is 18.7. The molecular formula is C18H23N5O3. The molecule has 0 fully saturated rings. The Labute approximate surface area is 152 Å². The number of ether oxygens (including phenoxy) is 2. The van der Waals surface area contributed by atoms with E-state index in [1.54, 1.807) is 4.68 Å². The molecular weight excluding hydrogens is 334 g/mol. The Hall–Kier alpha value is -2.90. The number of rotatable bonds is 6. The van der Waals surface area contributed by atoms with E-state index in [-0.39, 0.29) is 12.1 Å². The lowest BCUT2D eigenvalue weighted by Gasteiger charge is -2.27. The van der Waals surface area contributed by atoms with Crippen molar-refractivity contribution in [3.05, 3.63) is 41.1 Å². The van der Waals surface area contributed by atoms with E-state index in [1.165, 1.54) is 0 Å². The van der Waals surface area contributed by atoms with Crippen molar-refractivity contribution in [3.63, 3.8) is 0 Å². The average molecular weight is 357 g/mol. The second kappa shape index (κ2) is 7.55. The van der Waals surface area contributed by atoms with E-state index in [4.69, 9.17) is 9.47 Å². The molecule has 3 rings (SSSR count). The van der Waals surface area contributed by atoms with Crippen LogP contribution in [0.5, 0.6) is 5.75 Å². The van der Waals surface area contributed by atoms with E-state index in [1.807, 2.05) is 52.0 Å². The lowest BCUT2D eigenvalue weighted by atomic mass is 9.96. The van der Waals surface area contributed by atoms with Crippen LogP contribution < -0.4 is 10.1 Å². The van der Waals surface area contributed by atoms with Gasteiger partial charge >= 0.3 is 5.97 Å². The Bertz CT molecular complexity index is 810. The molecule has 0 amide bonds. The number of fused-ring (bicyclic) bond motifs is 1. The monoisotopic (exact) mass is 357 g/mol. The van der Waals surface area contributed by atoms with Crippen LogP contribution in [0.15, 0.2) is 35.5 Å². The van der Waals surface area contributed by atoms with Gasteiger partial charge in [-0.3, -0.25) is 0 Å². The molecule has 1 atom stereocenters. The first-order valence-corrected chi connectivity index (χ1v) is 8.70.